The number of guanidine groups is 1. The molecule has 0 spiro atoms. The van der Waals surface area contributed by atoms with Crippen molar-refractivity contribution in [3.63, 3.8) is 0 Å². The lowest BCUT2D eigenvalue weighted by Gasteiger charge is -2.11. The van der Waals surface area contributed by atoms with E-state index in [9.17, 15) is 0 Å². The van der Waals surface area contributed by atoms with Gasteiger partial charge in [-0.25, -0.2) is 4.98 Å². The maximum Gasteiger partial charge on any atom is 0.191 e. The number of aromatic nitrogens is 3. The van der Waals surface area contributed by atoms with Crippen LogP contribution in [0.5, 0.6) is 0 Å². The third kappa shape index (κ3) is 8.03. The third-order valence-corrected chi connectivity index (χ3v) is 4.80. The average molecular weight is 490 g/mol. The van der Waals surface area contributed by atoms with E-state index in [4.69, 9.17) is 0 Å². The Morgan fingerprint density at radius 3 is 2.62 bits per heavy atom. The zero-order valence-electron chi connectivity index (χ0n) is 16.2. The van der Waals surface area contributed by atoms with E-state index in [1.54, 1.807) is 11.3 Å². The van der Waals surface area contributed by atoms with Crippen LogP contribution in [0, 0.1) is 20.8 Å². The molecule has 2 N–H and O–H groups in total. The number of rotatable bonds is 9. The summed E-state index contributed by atoms with van der Waals surface area (Å²) in [5.41, 5.74) is 3.40. The number of aliphatic imine (C=N–C) groups is 1. The van der Waals surface area contributed by atoms with Crippen molar-refractivity contribution in [2.45, 2.75) is 53.5 Å². The smallest absolute Gasteiger partial charge is 0.191 e. The highest BCUT2D eigenvalue weighted by molar-refractivity contribution is 14.0. The molecule has 2 rings (SSSR count). The fourth-order valence-electron chi connectivity index (χ4n) is 2.62. The molecule has 2 aromatic rings. The monoisotopic (exact) mass is 490 g/mol. The molecule has 0 aromatic carbocycles. The molecule has 2 heterocycles. The van der Waals surface area contributed by atoms with Gasteiger partial charge in [0.05, 0.1) is 10.7 Å². The number of hydrogen-bond acceptors (Lipinski definition) is 4. The summed E-state index contributed by atoms with van der Waals surface area (Å²) >= 11 is 1.74. The van der Waals surface area contributed by atoms with Crippen molar-refractivity contribution in [1.82, 2.24) is 25.4 Å². The second-order valence-electron chi connectivity index (χ2n) is 6.18. The molecule has 8 heteroatoms. The van der Waals surface area contributed by atoms with Crippen LogP contribution in [-0.4, -0.2) is 40.4 Å². The Balaban J connectivity index is 0.00000338. The van der Waals surface area contributed by atoms with Crippen molar-refractivity contribution < 1.29 is 0 Å². The van der Waals surface area contributed by atoms with Crippen LogP contribution in [0.4, 0.5) is 0 Å². The van der Waals surface area contributed by atoms with Crippen LogP contribution in [0.2, 0.25) is 0 Å². The molecular weight excluding hydrogens is 459 g/mol. The number of thiazole rings is 1. The van der Waals surface area contributed by atoms with E-state index in [1.165, 1.54) is 10.7 Å². The van der Waals surface area contributed by atoms with Crippen molar-refractivity contribution in [3.05, 3.63) is 33.5 Å². The zero-order chi connectivity index (χ0) is 18.1. The molecule has 2 aromatic heterocycles. The summed E-state index contributed by atoms with van der Waals surface area (Å²) in [6, 6.07) is 2.11. The Hall–Kier alpha value is -1.16. The molecule has 0 aliphatic carbocycles. The first kappa shape index (κ1) is 22.9. The first-order chi connectivity index (χ1) is 12.1. The van der Waals surface area contributed by atoms with E-state index in [0.29, 0.717) is 0 Å². The molecule has 0 aliphatic heterocycles. The van der Waals surface area contributed by atoms with E-state index in [-0.39, 0.29) is 24.0 Å². The largest absolute Gasteiger partial charge is 0.357 e. The lowest BCUT2D eigenvalue weighted by molar-refractivity contribution is 0.567. The van der Waals surface area contributed by atoms with Gasteiger partial charge in [-0.3, -0.25) is 9.67 Å². The summed E-state index contributed by atoms with van der Waals surface area (Å²) in [6.07, 6.45) is 3.06. The SMILES string of the molecule is CCNC(=NCCCn1nc(C)cc1C)NCCCc1nc(C)cs1.I. The van der Waals surface area contributed by atoms with Gasteiger partial charge in [-0.15, -0.1) is 35.3 Å². The zero-order valence-corrected chi connectivity index (χ0v) is 19.4. The van der Waals surface area contributed by atoms with Crippen molar-refractivity contribution in [3.8, 4) is 0 Å². The van der Waals surface area contributed by atoms with Gasteiger partial charge in [-0.1, -0.05) is 0 Å². The van der Waals surface area contributed by atoms with Gasteiger partial charge in [-0.05, 0) is 46.6 Å². The molecule has 0 radical (unpaired) electrons. The van der Waals surface area contributed by atoms with Crippen LogP contribution in [0.3, 0.4) is 0 Å². The maximum absolute atomic E-state index is 4.65. The van der Waals surface area contributed by atoms with Gasteiger partial charge in [0.25, 0.3) is 0 Å². The van der Waals surface area contributed by atoms with Crippen molar-refractivity contribution in [2.24, 2.45) is 4.99 Å². The van der Waals surface area contributed by atoms with Gasteiger partial charge in [0.2, 0.25) is 0 Å². The van der Waals surface area contributed by atoms with Gasteiger partial charge < -0.3 is 10.6 Å². The summed E-state index contributed by atoms with van der Waals surface area (Å²) in [5, 5.41) is 14.5. The predicted molar refractivity (Wildman–Crippen MR) is 121 cm³/mol. The van der Waals surface area contributed by atoms with E-state index >= 15 is 0 Å². The Morgan fingerprint density at radius 1 is 1.19 bits per heavy atom. The van der Waals surface area contributed by atoms with Crippen LogP contribution in [0.1, 0.15) is 41.9 Å². The highest BCUT2D eigenvalue weighted by atomic mass is 127. The lowest BCUT2D eigenvalue weighted by atomic mass is 10.3. The Kier molecular flexibility index (Phi) is 10.8. The Bertz CT molecular complexity index is 679. The second-order valence-corrected chi connectivity index (χ2v) is 7.12. The van der Waals surface area contributed by atoms with E-state index in [0.717, 1.165) is 62.8 Å². The minimum absolute atomic E-state index is 0. The molecule has 0 bridgehead atoms. The van der Waals surface area contributed by atoms with Crippen LogP contribution in [-0.2, 0) is 13.0 Å². The highest BCUT2D eigenvalue weighted by Gasteiger charge is 2.02. The molecule has 146 valence electrons. The molecule has 0 atom stereocenters. The number of aryl methyl sites for hydroxylation is 5. The summed E-state index contributed by atoms with van der Waals surface area (Å²) in [5.74, 6) is 0.895. The lowest BCUT2D eigenvalue weighted by Crippen LogP contribution is -2.38. The molecule has 0 saturated heterocycles. The third-order valence-electron chi connectivity index (χ3n) is 3.77. The van der Waals surface area contributed by atoms with E-state index in [2.05, 4.69) is 55.7 Å². The average Bonchev–Trinajstić information content (AvgIpc) is 3.12. The molecular formula is C18H31IN6S. The van der Waals surface area contributed by atoms with Crippen LogP contribution >= 0.6 is 35.3 Å². The molecule has 0 unspecified atom stereocenters. The maximum atomic E-state index is 4.65. The molecule has 0 saturated carbocycles. The second kappa shape index (κ2) is 12.3. The fourth-order valence-corrected chi connectivity index (χ4v) is 3.44. The van der Waals surface area contributed by atoms with Gasteiger partial charge >= 0.3 is 0 Å². The topological polar surface area (TPSA) is 67.1 Å². The number of halogens is 1. The summed E-state index contributed by atoms with van der Waals surface area (Å²) < 4.78 is 2.06. The molecule has 6 nitrogen and oxygen atoms in total. The summed E-state index contributed by atoms with van der Waals surface area (Å²) in [4.78, 5) is 9.15. The molecule has 0 amide bonds. The standard InChI is InChI=1S/C18H30N6S.HI/c1-5-19-18(20-9-6-8-17-22-15(3)13-25-17)21-10-7-11-24-16(4)12-14(2)23-24;/h12-13H,5-11H2,1-4H3,(H2,19,20,21);1H. The minimum atomic E-state index is 0. The first-order valence-electron chi connectivity index (χ1n) is 9.02. The summed E-state index contributed by atoms with van der Waals surface area (Å²) in [6.45, 7) is 11.7. The minimum Gasteiger partial charge on any atom is -0.357 e. The quantitative estimate of drug-likeness (QED) is 0.245. The van der Waals surface area contributed by atoms with Gasteiger partial charge in [-0.2, -0.15) is 5.10 Å². The van der Waals surface area contributed by atoms with Gasteiger partial charge in [0.1, 0.15) is 0 Å². The van der Waals surface area contributed by atoms with E-state index < -0.39 is 0 Å². The number of nitrogens with one attached hydrogen (secondary N) is 2. The molecule has 26 heavy (non-hydrogen) atoms. The highest BCUT2D eigenvalue weighted by Crippen LogP contribution is 2.10. The van der Waals surface area contributed by atoms with E-state index in [1.807, 2.05) is 13.8 Å². The Morgan fingerprint density at radius 2 is 2.00 bits per heavy atom. The molecule has 0 aliphatic rings. The normalized spacial score (nSPS) is 11.3. The van der Waals surface area contributed by atoms with Crippen molar-refractivity contribution >= 4 is 41.3 Å². The van der Waals surface area contributed by atoms with Crippen LogP contribution < -0.4 is 10.6 Å². The van der Waals surface area contributed by atoms with Gasteiger partial charge in [0, 0.05) is 49.4 Å². The number of hydrogen-bond donors (Lipinski definition) is 2. The van der Waals surface area contributed by atoms with Crippen molar-refractivity contribution in [1.29, 1.82) is 0 Å². The fraction of sp³-hybridized carbons (Fsp3) is 0.611. The Labute approximate surface area is 177 Å². The van der Waals surface area contributed by atoms with Crippen LogP contribution in [0.15, 0.2) is 16.4 Å². The van der Waals surface area contributed by atoms with Crippen LogP contribution in [0.25, 0.3) is 0 Å². The first-order valence-corrected chi connectivity index (χ1v) is 9.90. The molecule has 0 fully saturated rings. The summed E-state index contributed by atoms with van der Waals surface area (Å²) in [7, 11) is 0. The van der Waals surface area contributed by atoms with Crippen molar-refractivity contribution in [2.75, 3.05) is 19.6 Å². The van der Waals surface area contributed by atoms with Gasteiger partial charge in [0.15, 0.2) is 5.96 Å². The predicted octanol–water partition coefficient (Wildman–Crippen LogP) is 3.46. The number of nitrogens with zero attached hydrogens (tertiary/aromatic N) is 4.